The van der Waals surface area contributed by atoms with Crippen LogP contribution in [0.1, 0.15) is 19.3 Å². The molecule has 0 amide bonds. The van der Waals surface area contributed by atoms with Gasteiger partial charge in [-0.3, -0.25) is 4.48 Å². The van der Waals surface area contributed by atoms with Crippen molar-refractivity contribution in [1.29, 1.82) is 0 Å². The van der Waals surface area contributed by atoms with Gasteiger partial charge in [-0.25, -0.2) is 0 Å². The molecule has 5 heteroatoms. The van der Waals surface area contributed by atoms with Gasteiger partial charge in [0.25, 0.3) is 0 Å². The number of rotatable bonds is 12. The average molecular weight is 339 g/mol. The SMILES string of the molecule is C[N+](C)(CCCN)CCC[N+](C)(C)c1ccc([NH2+]CCCN)cc1. The van der Waals surface area contributed by atoms with E-state index in [2.05, 4.69) is 57.8 Å². The zero-order chi connectivity index (χ0) is 18.1. The first-order valence-corrected chi connectivity index (χ1v) is 9.30. The fourth-order valence-electron chi connectivity index (χ4n) is 3.05. The van der Waals surface area contributed by atoms with E-state index in [1.54, 1.807) is 0 Å². The minimum Gasteiger partial charge on any atom is -0.330 e. The Kier molecular flexibility index (Phi) is 8.87. The summed E-state index contributed by atoms with van der Waals surface area (Å²) >= 11 is 0. The summed E-state index contributed by atoms with van der Waals surface area (Å²) in [6.07, 6.45) is 3.38. The van der Waals surface area contributed by atoms with Crippen LogP contribution in [0.15, 0.2) is 24.3 Å². The largest absolute Gasteiger partial charge is 0.330 e. The van der Waals surface area contributed by atoms with E-state index in [0.717, 1.165) is 54.5 Å². The van der Waals surface area contributed by atoms with Crippen LogP contribution in [-0.2, 0) is 0 Å². The number of nitrogens with two attached hydrogens (primary N) is 3. The first kappa shape index (κ1) is 21.1. The molecular weight excluding hydrogens is 298 g/mol. The Morgan fingerprint density at radius 1 is 0.792 bits per heavy atom. The highest BCUT2D eigenvalue weighted by Gasteiger charge is 2.22. The van der Waals surface area contributed by atoms with E-state index in [1.165, 1.54) is 24.3 Å². The van der Waals surface area contributed by atoms with Gasteiger partial charge in [-0.2, -0.15) is 0 Å². The molecule has 0 aliphatic heterocycles. The predicted octanol–water partition coefficient (Wildman–Crippen LogP) is 0.613. The number of quaternary nitrogens is 3. The highest BCUT2D eigenvalue weighted by molar-refractivity contribution is 5.47. The fourth-order valence-corrected chi connectivity index (χ4v) is 3.05. The van der Waals surface area contributed by atoms with Crippen molar-refractivity contribution in [1.82, 2.24) is 4.48 Å². The standard InChI is InChI=1S/C19H39N5/c1-23(2,15-6-13-21)16-7-17-24(3,4)19-10-8-18(9-11-19)22-14-5-12-20/h8-11,22H,5-7,12-17,20-21H2,1-4H3/q+2/p+1. The summed E-state index contributed by atoms with van der Waals surface area (Å²) < 4.78 is 1.99. The molecule has 0 aliphatic carbocycles. The summed E-state index contributed by atoms with van der Waals surface area (Å²) in [5.41, 5.74) is 13.9. The molecule has 0 saturated heterocycles. The zero-order valence-electron chi connectivity index (χ0n) is 16.3. The fraction of sp³-hybridized carbons (Fsp3) is 0.684. The van der Waals surface area contributed by atoms with Gasteiger partial charge >= 0.3 is 0 Å². The second-order valence-corrected chi connectivity index (χ2v) is 8.01. The Morgan fingerprint density at radius 3 is 1.96 bits per heavy atom. The van der Waals surface area contributed by atoms with E-state index >= 15 is 0 Å². The molecule has 1 aromatic carbocycles. The summed E-state index contributed by atoms with van der Waals surface area (Å²) in [6, 6.07) is 8.99. The van der Waals surface area contributed by atoms with Crippen molar-refractivity contribution in [3.63, 3.8) is 0 Å². The first-order valence-electron chi connectivity index (χ1n) is 9.30. The number of hydrogen-bond donors (Lipinski definition) is 3. The summed E-state index contributed by atoms with van der Waals surface area (Å²) in [5.74, 6) is 0. The molecule has 0 fully saturated rings. The summed E-state index contributed by atoms with van der Waals surface area (Å²) in [6.45, 7) is 6.13. The lowest BCUT2D eigenvalue weighted by molar-refractivity contribution is -0.890. The van der Waals surface area contributed by atoms with E-state index in [9.17, 15) is 0 Å². The molecular formula is C19H40N5+3. The normalized spacial score (nSPS) is 12.6. The Labute approximate surface area is 148 Å². The highest BCUT2D eigenvalue weighted by Crippen LogP contribution is 2.20. The van der Waals surface area contributed by atoms with Crippen molar-refractivity contribution in [3.8, 4) is 0 Å². The van der Waals surface area contributed by atoms with Crippen molar-refractivity contribution in [2.45, 2.75) is 19.3 Å². The zero-order valence-corrected chi connectivity index (χ0v) is 16.3. The van der Waals surface area contributed by atoms with Gasteiger partial charge < -0.3 is 21.3 Å². The van der Waals surface area contributed by atoms with Crippen molar-refractivity contribution in [2.24, 2.45) is 11.5 Å². The molecule has 0 aromatic heterocycles. The molecule has 1 aromatic rings. The molecule has 138 valence electrons. The molecule has 0 spiro atoms. The van der Waals surface area contributed by atoms with Gasteiger partial charge in [-0.15, -0.1) is 0 Å². The van der Waals surface area contributed by atoms with Crippen LogP contribution in [0, 0.1) is 0 Å². The summed E-state index contributed by atoms with van der Waals surface area (Å²) in [4.78, 5) is 0. The Morgan fingerprint density at radius 2 is 1.38 bits per heavy atom. The third kappa shape index (κ3) is 7.73. The Balaban J connectivity index is 2.49. The van der Waals surface area contributed by atoms with E-state index in [4.69, 9.17) is 11.5 Å². The van der Waals surface area contributed by atoms with Gasteiger partial charge in [0.2, 0.25) is 0 Å². The maximum absolute atomic E-state index is 5.64. The van der Waals surface area contributed by atoms with Crippen molar-refractivity contribution in [2.75, 3.05) is 67.5 Å². The third-order valence-electron chi connectivity index (χ3n) is 4.83. The number of benzene rings is 1. The second kappa shape index (κ2) is 10.1. The molecule has 6 N–H and O–H groups in total. The quantitative estimate of drug-likeness (QED) is 0.297. The van der Waals surface area contributed by atoms with Crippen LogP contribution in [0.3, 0.4) is 0 Å². The number of nitrogens with zero attached hydrogens (tertiary/aromatic N) is 2. The van der Waals surface area contributed by atoms with Gasteiger partial charge in [-0.05, 0) is 13.1 Å². The van der Waals surface area contributed by atoms with Gasteiger partial charge in [0.1, 0.15) is 11.4 Å². The molecule has 0 radical (unpaired) electrons. The lowest BCUT2D eigenvalue weighted by atomic mass is 10.2. The smallest absolute Gasteiger partial charge is 0.132 e. The topological polar surface area (TPSA) is 68.6 Å². The second-order valence-electron chi connectivity index (χ2n) is 8.01. The van der Waals surface area contributed by atoms with Crippen molar-refractivity contribution in [3.05, 3.63) is 24.3 Å². The van der Waals surface area contributed by atoms with Crippen LogP contribution in [0.2, 0.25) is 0 Å². The van der Waals surface area contributed by atoms with Crippen LogP contribution < -0.4 is 21.3 Å². The van der Waals surface area contributed by atoms with Crippen LogP contribution in [0.4, 0.5) is 11.4 Å². The van der Waals surface area contributed by atoms with Crippen LogP contribution in [0.5, 0.6) is 0 Å². The molecule has 5 nitrogen and oxygen atoms in total. The van der Waals surface area contributed by atoms with Gasteiger partial charge in [0.15, 0.2) is 0 Å². The third-order valence-corrected chi connectivity index (χ3v) is 4.83. The first-order chi connectivity index (χ1) is 11.3. The van der Waals surface area contributed by atoms with Gasteiger partial charge in [-0.1, -0.05) is 0 Å². The molecule has 0 unspecified atom stereocenters. The average Bonchev–Trinajstić information content (AvgIpc) is 2.53. The van der Waals surface area contributed by atoms with E-state index in [-0.39, 0.29) is 0 Å². The minimum absolute atomic E-state index is 0.763. The van der Waals surface area contributed by atoms with Crippen LogP contribution >= 0.6 is 0 Å². The van der Waals surface area contributed by atoms with Crippen LogP contribution in [0.25, 0.3) is 0 Å². The van der Waals surface area contributed by atoms with Gasteiger partial charge in [0.05, 0.1) is 54.4 Å². The molecule has 0 saturated carbocycles. The van der Waals surface area contributed by atoms with E-state index < -0.39 is 0 Å². The summed E-state index contributed by atoms with van der Waals surface area (Å²) in [7, 11) is 9.21. The molecule has 24 heavy (non-hydrogen) atoms. The molecule has 0 atom stereocenters. The van der Waals surface area contributed by atoms with E-state index in [1.807, 2.05) is 0 Å². The molecule has 0 aliphatic rings. The van der Waals surface area contributed by atoms with Crippen molar-refractivity contribution < 1.29 is 9.80 Å². The lowest BCUT2D eigenvalue weighted by Gasteiger charge is -2.33. The summed E-state index contributed by atoms with van der Waals surface area (Å²) in [5, 5.41) is 2.27. The maximum Gasteiger partial charge on any atom is 0.132 e. The maximum atomic E-state index is 5.64. The monoisotopic (exact) mass is 338 g/mol. The highest BCUT2D eigenvalue weighted by atomic mass is 15.3. The molecule has 0 heterocycles. The molecule has 0 bridgehead atoms. The van der Waals surface area contributed by atoms with E-state index in [0.29, 0.717) is 0 Å². The van der Waals surface area contributed by atoms with Crippen LogP contribution in [-0.4, -0.2) is 71.9 Å². The minimum atomic E-state index is 0.763. The predicted molar refractivity (Wildman–Crippen MR) is 105 cm³/mol. The van der Waals surface area contributed by atoms with Crippen molar-refractivity contribution >= 4 is 11.4 Å². The Hall–Kier alpha value is -0.980. The number of hydrogen-bond acceptors (Lipinski definition) is 2. The molecule has 1 rings (SSSR count). The lowest BCUT2D eigenvalue weighted by Crippen LogP contribution is -2.78. The Bertz CT molecular complexity index is 453. The van der Waals surface area contributed by atoms with Gasteiger partial charge in [0, 0.05) is 43.5 Å².